The van der Waals surface area contributed by atoms with E-state index in [0.717, 1.165) is 18.4 Å². The van der Waals surface area contributed by atoms with Crippen LogP contribution in [0, 0.1) is 5.82 Å². The van der Waals surface area contributed by atoms with Gasteiger partial charge in [0.05, 0.1) is 11.7 Å². The lowest BCUT2D eigenvalue weighted by molar-refractivity contribution is 0.575. The second-order valence-electron chi connectivity index (χ2n) is 6.29. The van der Waals surface area contributed by atoms with Gasteiger partial charge in [0, 0.05) is 6.04 Å². The Morgan fingerprint density at radius 3 is 2.58 bits per heavy atom. The molecule has 3 rings (SSSR count). The van der Waals surface area contributed by atoms with Gasteiger partial charge in [-0.25, -0.2) is 9.37 Å². The van der Waals surface area contributed by atoms with E-state index >= 15 is 0 Å². The Morgan fingerprint density at radius 1 is 1.32 bits per heavy atom. The highest BCUT2D eigenvalue weighted by Gasteiger charge is 2.26. The third-order valence-electron chi connectivity index (χ3n) is 3.65. The second kappa shape index (κ2) is 3.89. The number of rotatable bonds is 1. The fourth-order valence-corrected chi connectivity index (χ4v) is 2.25. The Balaban J connectivity index is 2.32. The average molecular weight is 260 g/mol. The molecule has 0 spiro atoms. The van der Waals surface area contributed by atoms with Crippen LogP contribution in [-0.4, -0.2) is 9.55 Å². The molecule has 1 aromatic carbocycles. The van der Waals surface area contributed by atoms with Crippen molar-refractivity contribution in [2.45, 2.75) is 45.1 Å². The third kappa shape index (κ3) is 2.05. The number of hydrogen-bond acceptors (Lipinski definition) is 2. The largest absolute Gasteiger partial charge is 0.296 e. The van der Waals surface area contributed by atoms with Crippen molar-refractivity contribution < 1.29 is 4.39 Å². The Kier molecular flexibility index (Phi) is 2.52. The van der Waals surface area contributed by atoms with Crippen molar-refractivity contribution in [3.8, 4) is 0 Å². The Bertz CT molecular complexity index is 708. The lowest BCUT2D eigenvalue weighted by Gasteiger charge is -2.19. The van der Waals surface area contributed by atoms with E-state index in [2.05, 4.69) is 4.98 Å². The van der Waals surface area contributed by atoms with Crippen molar-refractivity contribution in [2.75, 3.05) is 0 Å². The van der Waals surface area contributed by atoms with Crippen LogP contribution >= 0.6 is 0 Å². The van der Waals surface area contributed by atoms with Crippen molar-refractivity contribution in [2.24, 2.45) is 0 Å². The van der Waals surface area contributed by atoms with Gasteiger partial charge in [-0.3, -0.25) is 9.36 Å². The molecule has 19 heavy (non-hydrogen) atoms. The molecule has 1 aliphatic carbocycles. The SMILES string of the molecule is CC(C)(C)c1cc(F)c2ncn(C3CC3)c(=O)c2c1. The highest BCUT2D eigenvalue weighted by molar-refractivity contribution is 5.79. The van der Waals surface area contributed by atoms with Crippen molar-refractivity contribution >= 4 is 10.9 Å². The van der Waals surface area contributed by atoms with E-state index in [1.165, 1.54) is 12.4 Å². The summed E-state index contributed by atoms with van der Waals surface area (Å²) in [6.07, 6.45) is 3.49. The van der Waals surface area contributed by atoms with Crippen LogP contribution in [0.25, 0.3) is 10.9 Å². The lowest BCUT2D eigenvalue weighted by atomic mass is 9.86. The molecule has 1 heterocycles. The number of nitrogens with zero attached hydrogens (tertiary/aromatic N) is 2. The van der Waals surface area contributed by atoms with Crippen LogP contribution in [-0.2, 0) is 5.41 Å². The van der Waals surface area contributed by atoms with Crippen LogP contribution in [0.5, 0.6) is 0 Å². The number of hydrogen-bond donors (Lipinski definition) is 0. The molecule has 0 saturated heterocycles. The van der Waals surface area contributed by atoms with Crippen LogP contribution in [0.2, 0.25) is 0 Å². The van der Waals surface area contributed by atoms with E-state index in [1.807, 2.05) is 20.8 Å². The van der Waals surface area contributed by atoms with Gasteiger partial charge in [-0.2, -0.15) is 0 Å². The molecule has 3 nitrogen and oxygen atoms in total. The molecule has 0 radical (unpaired) electrons. The standard InChI is InChI=1S/C15H17FN2O/c1-15(2,3)9-6-11-13(12(16)7-9)17-8-18(14(11)19)10-4-5-10/h6-8,10H,4-5H2,1-3H3. The number of halogens is 1. The predicted molar refractivity (Wildman–Crippen MR) is 72.9 cm³/mol. The molecule has 2 aromatic rings. The summed E-state index contributed by atoms with van der Waals surface area (Å²) < 4.78 is 15.7. The maximum atomic E-state index is 14.1. The zero-order valence-electron chi connectivity index (χ0n) is 11.4. The van der Waals surface area contributed by atoms with Crippen molar-refractivity contribution in [1.29, 1.82) is 0 Å². The topological polar surface area (TPSA) is 34.9 Å². The van der Waals surface area contributed by atoms with E-state index in [9.17, 15) is 9.18 Å². The van der Waals surface area contributed by atoms with E-state index in [-0.39, 0.29) is 22.5 Å². The summed E-state index contributed by atoms with van der Waals surface area (Å²) in [6, 6.07) is 3.52. The minimum atomic E-state index is -0.414. The molecular weight excluding hydrogens is 243 g/mol. The van der Waals surface area contributed by atoms with Gasteiger partial charge in [-0.15, -0.1) is 0 Å². The Labute approximate surface area is 111 Å². The van der Waals surface area contributed by atoms with Crippen LogP contribution < -0.4 is 5.56 Å². The third-order valence-corrected chi connectivity index (χ3v) is 3.65. The maximum absolute atomic E-state index is 14.1. The molecule has 0 unspecified atom stereocenters. The smallest absolute Gasteiger partial charge is 0.261 e. The second-order valence-corrected chi connectivity index (χ2v) is 6.29. The molecule has 0 aliphatic heterocycles. The fourth-order valence-electron chi connectivity index (χ4n) is 2.25. The molecular formula is C15H17FN2O. The summed E-state index contributed by atoms with van der Waals surface area (Å²) in [4.78, 5) is 16.5. The van der Waals surface area contributed by atoms with Gasteiger partial charge >= 0.3 is 0 Å². The summed E-state index contributed by atoms with van der Waals surface area (Å²) in [6.45, 7) is 6.01. The van der Waals surface area contributed by atoms with E-state index in [0.29, 0.717) is 5.39 Å². The monoisotopic (exact) mass is 260 g/mol. The molecule has 0 bridgehead atoms. The van der Waals surface area contributed by atoms with Gasteiger partial charge in [0.15, 0.2) is 0 Å². The predicted octanol–water partition coefficient (Wildman–Crippen LogP) is 3.17. The number of fused-ring (bicyclic) bond motifs is 1. The summed E-state index contributed by atoms with van der Waals surface area (Å²) in [5.74, 6) is -0.414. The maximum Gasteiger partial charge on any atom is 0.261 e. The number of aromatic nitrogens is 2. The first-order valence-corrected chi connectivity index (χ1v) is 6.59. The fraction of sp³-hybridized carbons (Fsp3) is 0.467. The number of benzene rings is 1. The first-order chi connectivity index (χ1) is 8.88. The normalized spacial score (nSPS) is 16.0. The van der Waals surface area contributed by atoms with Crippen molar-refractivity contribution in [3.05, 3.63) is 40.2 Å². The zero-order chi connectivity index (χ0) is 13.8. The zero-order valence-corrected chi connectivity index (χ0v) is 11.4. The van der Waals surface area contributed by atoms with Gasteiger partial charge in [-0.05, 0) is 36.0 Å². The van der Waals surface area contributed by atoms with E-state index in [4.69, 9.17) is 0 Å². The van der Waals surface area contributed by atoms with Gasteiger partial charge in [0.2, 0.25) is 0 Å². The van der Waals surface area contributed by atoms with Crippen LogP contribution in [0.3, 0.4) is 0 Å². The van der Waals surface area contributed by atoms with Crippen LogP contribution in [0.4, 0.5) is 4.39 Å². The summed E-state index contributed by atoms with van der Waals surface area (Å²) in [5, 5.41) is 0.388. The molecule has 0 N–H and O–H groups in total. The van der Waals surface area contributed by atoms with Crippen molar-refractivity contribution in [3.63, 3.8) is 0 Å². The molecule has 1 saturated carbocycles. The average Bonchev–Trinajstić information content (AvgIpc) is 3.13. The van der Waals surface area contributed by atoms with Crippen LogP contribution in [0.1, 0.15) is 45.2 Å². The lowest BCUT2D eigenvalue weighted by Crippen LogP contribution is -2.21. The Morgan fingerprint density at radius 2 is 2.00 bits per heavy atom. The molecule has 100 valence electrons. The first-order valence-electron chi connectivity index (χ1n) is 6.59. The summed E-state index contributed by atoms with van der Waals surface area (Å²) in [5.41, 5.74) is 0.680. The molecule has 1 fully saturated rings. The summed E-state index contributed by atoms with van der Waals surface area (Å²) in [7, 11) is 0. The molecule has 0 amide bonds. The highest BCUT2D eigenvalue weighted by atomic mass is 19.1. The molecule has 0 atom stereocenters. The Hall–Kier alpha value is -1.71. The van der Waals surface area contributed by atoms with Gasteiger partial charge in [-0.1, -0.05) is 20.8 Å². The highest BCUT2D eigenvalue weighted by Crippen LogP contribution is 2.34. The van der Waals surface area contributed by atoms with Gasteiger partial charge < -0.3 is 0 Å². The minimum Gasteiger partial charge on any atom is -0.296 e. The molecule has 1 aliphatic rings. The van der Waals surface area contributed by atoms with Gasteiger partial charge in [0.25, 0.3) is 5.56 Å². The first kappa shape index (κ1) is 12.3. The van der Waals surface area contributed by atoms with Gasteiger partial charge in [0.1, 0.15) is 11.3 Å². The van der Waals surface area contributed by atoms with Crippen LogP contribution in [0.15, 0.2) is 23.3 Å². The van der Waals surface area contributed by atoms with Crippen molar-refractivity contribution in [1.82, 2.24) is 9.55 Å². The minimum absolute atomic E-state index is 0.127. The molecule has 1 aromatic heterocycles. The molecule has 4 heteroatoms. The quantitative estimate of drug-likeness (QED) is 0.789. The summed E-state index contributed by atoms with van der Waals surface area (Å²) >= 11 is 0. The van der Waals surface area contributed by atoms with E-state index in [1.54, 1.807) is 10.6 Å². The van der Waals surface area contributed by atoms with E-state index < -0.39 is 5.82 Å².